The minimum Gasteiger partial charge on any atom is -0.468 e. The zero-order valence-electron chi connectivity index (χ0n) is 23.1. The number of carbonyl (C=O) groups excluding carboxylic acids is 2. The molecule has 0 spiro atoms. The highest BCUT2D eigenvalue weighted by Gasteiger charge is 2.35. The van der Waals surface area contributed by atoms with Gasteiger partial charge in [0.2, 0.25) is 5.91 Å². The number of para-hydroxylation sites is 1. The van der Waals surface area contributed by atoms with E-state index in [-0.39, 0.29) is 29.4 Å². The number of aromatic amines is 1. The Morgan fingerprint density at radius 2 is 1.80 bits per heavy atom. The summed E-state index contributed by atoms with van der Waals surface area (Å²) in [4.78, 5) is 30.7. The molecule has 40 heavy (non-hydrogen) atoms. The Kier molecular flexibility index (Phi) is 8.64. The summed E-state index contributed by atoms with van der Waals surface area (Å²) in [5, 5.41) is 4.91. The third-order valence-electron chi connectivity index (χ3n) is 8.63. The second-order valence-corrected chi connectivity index (χ2v) is 11.1. The number of esters is 1. The molecular formula is C32H37F2N3O3. The number of amides is 1. The van der Waals surface area contributed by atoms with Crippen LogP contribution in [0.2, 0.25) is 0 Å². The van der Waals surface area contributed by atoms with Crippen molar-refractivity contribution in [3.8, 4) is 0 Å². The topological polar surface area (TPSA) is 74.4 Å². The van der Waals surface area contributed by atoms with Crippen LogP contribution >= 0.6 is 0 Å². The van der Waals surface area contributed by atoms with Gasteiger partial charge in [-0.15, -0.1) is 0 Å². The number of fused-ring (bicyclic) bond motifs is 1. The number of hydrogen-bond acceptors (Lipinski definition) is 4. The van der Waals surface area contributed by atoms with Crippen molar-refractivity contribution in [2.75, 3.05) is 20.2 Å². The molecule has 2 aromatic carbocycles. The Morgan fingerprint density at radius 3 is 2.50 bits per heavy atom. The number of rotatable bonds is 7. The monoisotopic (exact) mass is 549 g/mol. The molecule has 3 aromatic rings. The molecule has 1 aliphatic carbocycles. The van der Waals surface area contributed by atoms with E-state index in [9.17, 15) is 18.4 Å². The average Bonchev–Trinajstić information content (AvgIpc) is 3.41. The standard InChI is InChI=1S/C32H37F2N3O3/c1-20-17-21(18-27(33)30(20)34)7-12-29(38)37-15-13-23(14-16-37)31(32(39)40-2)36-24-10-8-22(9-11-24)26-19-35-28-6-4-3-5-25(26)28/h3-7,12,17-19,22-24,31,35-36H,8-11,13-16H2,1-2H3/b12-7+. The number of benzene rings is 2. The molecular weight excluding hydrogens is 512 g/mol. The van der Waals surface area contributed by atoms with Crippen molar-refractivity contribution < 1.29 is 23.1 Å². The van der Waals surface area contributed by atoms with Crippen LogP contribution in [0.5, 0.6) is 0 Å². The first-order chi connectivity index (χ1) is 19.3. The van der Waals surface area contributed by atoms with Gasteiger partial charge in [0.15, 0.2) is 11.6 Å². The SMILES string of the molecule is COC(=O)C(NC1CCC(c2c[nH]c3ccccc23)CC1)C1CCN(C(=O)/C=C/c2cc(C)c(F)c(F)c2)CC1. The van der Waals surface area contributed by atoms with Gasteiger partial charge >= 0.3 is 5.97 Å². The van der Waals surface area contributed by atoms with Crippen LogP contribution < -0.4 is 5.32 Å². The van der Waals surface area contributed by atoms with Crippen LogP contribution in [-0.2, 0) is 14.3 Å². The maximum absolute atomic E-state index is 13.7. The number of piperidine rings is 1. The lowest BCUT2D eigenvalue weighted by atomic mass is 9.80. The summed E-state index contributed by atoms with van der Waals surface area (Å²) < 4.78 is 32.4. The van der Waals surface area contributed by atoms with E-state index in [0.717, 1.165) is 31.7 Å². The summed E-state index contributed by atoms with van der Waals surface area (Å²) in [6.45, 7) is 2.53. The van der Waals surface area contributed by atoms with Crippen molar-refractivity contribution in [3.05, 3.63) is 77.0 Å². The molecule has 1 aromatic heterocycles. The van der Waals surface area contributed by atoms with Crippen LogP contribution in [0.15, 0.2) is 48.7 Å². The maximum atomic E-state index is 13.7. The quantitative estimate of drug-likeness (QED) is 0.286. The van der Waals surface area contributed by atoms with Crippen molar-refractivity contribution in [2.24, 2.45) is 5.92 Å². The van der Waals surface area contributed by atoms with Gasteiger partial charge < -0.3 is 19.9 Å². The lowest BCUT2D eigenvalue weighted by Crippen LogP contribution is -2.52. The first-order valence-electron chi connectivity index (χ1n) is 14.2. The highest BCUT2D eigenvalue weighted by Crippen LogP contribution is 2.37. The van der Waals surface area contributed by atoms with Gasteiger partial charge in [0.25, 0.3) is 0 Å². The molecule has 0 radical (unpaired) electrons. The Hall–Kier alpha value is -3.52. The summed E-state index contributed by atoms with van der Waals surface area (Å²) in [5.74, 6) is -1.66. The lowest BCUT2D eigenvalue weighted by molar-refractivity contribution is -0.145. The van der Waals surface area contributed by atoms with Crippen molar-refractivity contribution in [1.82, 2.24) is 15.2 Å². The highest BCUT2D eigenvalue weighted by atomic mass is 19.2. The van der Waals surface area contributed by atoms with Crippen molar-refractivity contribution in [3.63, 3.8) is 0 Å². The van der Waals surface area contributed by atoms with E-state index in [4.69, 9.17) is 4.74 Å². The fraction of sp³-hybridized carbons (Fsp3) is 0.438. The van der Waals surface area contributed by atoms with Crippen LogP contribution in [0.3, 0.4) is 0 Å². The molecule has 2 N–H and O–H groups in total. The van der Waals surface area contributed by atoms with E-state index in [1.54, 1.807) is 4.90 Å². The predicted molar refractivity (Wildman–Crippen MR) is 152 cm³/mol. The number of aryl methyl sites for hydroxylation is 1. The van der Waals surface area contributed by atoms with E-state index in [1.807, 2.05) is 6.07 Å². The van der Waals surface area contributed by atoms with E-state index in [0.29, 0.717) is 37.4 Å². The number of aromatic nitrogens is 1. The second-order valence-electron chi connectivity index (χ2n) is 11.1. The summed E-state index contributed by atoms with van der Waals surface area (Å²) in [7, 11) is 1.42. The van der Waals surface area contributed by atoms with E-state index in [1.165, 1.54) is 48.7 Å². The smallest absolute Gasteiger partial charge is 0.323 e. The van der Waals surface area contributed by atoms with Crippen LogP contribution in [0.4, 0.5) is 8.78 Å². The molecule has 6 nitrogen and oxygen atoms in total. The molecule has 1 saturated carbocycles. The predicted octanol–water partition coefficient (Wildman–Crippen LogP) is 5.86. The summed E-state index contributed by atoms with van der Waals surface area (Å²) in [6.07, 6.45) is 10.5. The molecule has 2 aliphatic rings. The van der Waals surface area contributed by atoms with E-state index in [2.05, 4.69) is 34.7 Å². The van der Waals surface area contributed by atoms with Gasteiger partial charge in [0.05, 0.1) is 7.11 Å². The largest absolute Gasteiger partial charge is 0.468 e. The number of carbonyl (C=O) groups is 2. The molecule has 2 heterocycles. The number of nitrogens with one attached hydrogen (secondary N) is 2. The van der Waals surface area contributed by atoms with Crippen molar-refractivity contribution >= 4 is 28.9 Å². The fourth-order valence-corrected chi connectivity index (χ4v) is 6.36. The van der Waals surface area contributed by atoms with Crippen LogP contribution in [-0.4, -0.2) is 54.0 Å². The van der Waals surface area contributed by atoms with E-state index >= 15 is 0 Å². The number of methoxy groups -OCH3 is 1. The number of ether oxygens (including phenoxy) is 1. The summed E-state index contributed by atoms with van der Waals surface area (Å²) in [5.41, 5.74) is 3.18. The Labute approximate surface area is 233 Å². The molecule has 8 heteroatoms. The number of hydrogen-bond donors (Lipinski definition) is 2. The maximum Gasteiger partial charge on any atom is 0.323 e. The highest BCUT2D eigenvalue weighted by molar-refractivity contribution is 5.92. The van der Waals surface area contributed by atoms with Crippen LogP contribution in [0, 0.1) is 24.5 Å². The molecule has 1 aliphatic heterocycles. The second kappa shape index (κ2) is 12.3. The molecule has 1 atom stereocenters. The molecule has 0 bridgehead atoms. The zero-order valence-corrected chi connectivity index (χ0v) is 23.1. The molecule has 1 amide bonds. The van der Waals surface area contributed by atoms with Gasteiger partial charge in [0.1, 0.15) is 6.04 Å². The molecule has 1 saturated heterocycles. The minimum atomic E-state index is -0.930. The number of halogens is 2. The molecule has 1 unspecified atom stereocenters. The van der Waals surface area contributed by atoms with Gasteiger partial charge in [-0.05, 0) is 98.2 Å². The average molecular weight is 550 g/mol. The van der Waals surface area contributed by atoms with Crippen molar-refractivity contribution in [2.45, 2.75) is 63.5 Å². The normalized spacial score (nSPS) is 21.1. The number of nitrogens with zero attached hydrogens (tertiary/aromatic N) is 1. The van der Waals surface area contributed by atoms with Gasteiger partial charge in [0, 0.05) is 42.3 Å². The van der Waals surface area contributed by atoms with Gasteiger partial charge in [-0.1, -0.05) is 18.2 Å². The first-order valence-corrected chi connectivity index (χ1v) is 14.2. The zero-order chi connectivity index (χ0) is 28.2. The van der Waals surface area contributed by atoms with Crippen LogP contribution in [0.25, 0.3) is 17.0 Å². The summed E-state index contributed by atoms with van der Waals surface area (Å²) in [6, 6.07) is 10.8. The Bertz CT molecular complexity index is 1360. The minimum absolute atomic E-state index is 0.0701. The Morgan fingerprint density at radius 1 is 1.07 bits per heavy atom. The Balaban J connectivity index is 1.15. The van der Waals surface area contributed by atoms with Crippen molar-refractivity contribution in [1.29, 1.82) is 0 Å². The molecule has 5 rings (SSSR count). The molecule has 2 fully saturated rings. The third kappa shape index (κ3) is 6.12. The third-order valence-corrected chi connectivity index (χ3v) is 8.63. The first kappa shape index (κ1) is 28.0. The van der Waals surface area contributed by atoms with Gasteiger partial charge in [-0.3, -0.25) is 9.59 Å². The van der Waals surface area contributed by atoms with Gasteiger partial charge in [-0.2, -0.15) is 0 Å². The number of H-pyrrole nitrogens is 1. The molecule has 212 valence electrons. The fourth-order valence-electron chi connectivity index (χ4n) is 6.36. The lowest BCUT2D eigenvalue weighted by Gasteiger charge is -2.38. The van der Waals surface area contributed by atoms with E-state index < -0.39 is 17.7 Å². The van der Waals surface area contributed by atoms with Gasteiger partial charge in [-0.25, -0.2) is 8.78 Å². The summed E-state index contributed by atoms with van der Waals surface area (Å²) >= 11 is 0. The van der Waals surface area contributed by atoms with Crippen LogP contribution in [0.1, 0.15) is 61.1 Å². The number of likely N-dealkylation sites (tertiary alicyclic amines) is 1.